The molecule has 10 heteroatoms. The van der Waals surface area contributed by atoms with Gasteiger partial charge in [-0.2, -0.15) is 0 Å². The standard InChI is InChI=1S/C20H23N5O5/c1-2-24-15-11-23(12-16(26)22-8-3-4-9-22)19(27)17(15)18(21-20(24)28)13-6-5-7-14(10-13)25(29)30/h5-7,10,18H,2-4,8-9,11-12H2,1H3,(H,21,28)/t18-/m0/s1. The molecule has 0 saturated carbocycles. The fourth-order valence-electron chi connectivity index (χ4n) is 4.31. The average molecular weight is 413 g/mol. The summed E-state index contributed by atoms with van der Waals surface area (Å²) < 4.78 is 0. The van der Waals surface area contributed by atoms with Gasteiger partial charge in [0.2, 0.25) is 5.91 Å². The van der Waals surface area contributed by atoms with Gasteiger partial charge in [-0.25, -0.2) is 4.79 Å². The minimum atomic E-state index is -0.797. The summed E-state index contributed by atoms with van der Waals surface area (Å²) in [6.07, 6.45) is 1.93. The lowest BCUT2D eigenvalue weighted by Crippen LogP contribution is -2.47. The first kappa shape index (κ1) is 19.9. The van der Waals surface area contributed by atoms with Crippen LogP contribution >= 0.6 is 0 Å². The highest BCUT2D eigenvalue weighted by atomic mass is 16.6. The van der Waals surface area contributed by atoms with E-state index in [-0.39, 0.29) is 36.6 Å². The van der Waals surface area contributed by atoms with Crippen LogP contribution in [-0.2, 0) is 9.59 Å². The molecular weight excluding hydrogens is 390 g/mol. The number of amides is 4. The SMILES string of the molecule is CCN1C(=O)N[C@@H](c2cccc([N+](=O)[O-])c2)C2=C1CN(CC(=O)N1CCCC1)C2=O. The maximum atomic E-state index is 13.2. The number of likely N-dealkylation sites (tertiary alicyclic amines) is 1. The van der Waals surface area contributed by atoms with Crippen molar-refractivity contribution in [1.82, 2.24) is 20.0 Å². The van der Waals surface area contributed by atoms with Gasteiger partial charge < -0.3 is 15.1 Å². The van der Waals surface area contributed by atoms with Crippen molar-refractivity contribution < 1.29 is 19.3 Å². The minimum Gasteiger partial charge on any atom is -0.341 e. The lowest BCUT2D eigenvalue weighted by molar-refractivity contribution is -0.384. The molecule has 1 N–H and O–H groups in total. The van der Waals surface area contributed by atoms with Crippen molar-refractivity contribution >= 4 is 23.5 Å². The van der Waals surface area contributed by atoms with Gasteiger partial charge >= 0.3 is 6.03 Å². The first-order chi connectivity index (χ1) is 14.4. The third kappa shape index (κ3) is 3.38. The maximum absolute atomic E-state index is 13.2. The van der Waals surface area contributed by atoms with Gasteiger partial charge in [-0.05, 0) is 25.3 Å². The smallest absolute Gasteiger partial charge is 0.322 e. The largest absolute Gasteiger partial charge is 0.341 e. The number of nitro benzene ring substituents is 1. The Morgan fingerprint density at radius 3 is 2.67 bits per heavy atom. The van der Waals surface area contributed by atoms with Crippen LogP contribution in [0.3, 0.4) is 0 Å². The summed E-state index contributed by atoms with van der Waals surface area (Å²) >= 11 is 0. The molecular formula is C20H23N5O5. The number of non-ortho nitro benzene ring substituents is 1. The molecule has 3 aliphatic heterocycles. The number of nitro groups is 1. The summed E-state index contributed by atoms with van der Waals surface area (Å²) in [5.74, 6) is -0.428. The Labute approximate surface area is 173 Å². The third-order valence-electron chi connectivity index (χ3n) is 5.81. The summed E-state index contributed by atoms with van der Waals surface area (Å²) in [5, 5.41) is 14.0. The molecule has 0 radical (unpaired) electrons. The molecule has 1 fully saturated rings. The van der Waals surface area contributed by atoms with Crippen molar-refractivity contribution in [2.75, 3.05) is 32.7 Å². The van der Waals surface area contributed by atoms with Crippen LogP contribution in [0, 0.1) is 10.1 Å². The van der Waals surface area contributed by atoms with Crippen LogP contribution in [0.1, 0.15) is 31.4 Å². The Balaban J connectivity index is 1.65. The van der Waals surface area contributed by atoms with Crippen molar-refractivity contribution in [3.05, 3.63) is 51.2 Å². The molecule has 1 saturated heterocycles. The maximum Gasteiger partial charge on any atom is 0.322 e. The quantitative estimate of drug-likeness (QED) is 0.579. The van der Waals surface area contributed by atoms with Crippen molar-refractivity contribution in [3.63, 3.8) is 0 Å². The topological polar surface area (TPSA) is 116 Å². The summed E-state index contributed by atoms with van der Waals surface area (Å²) in [5.41, 5.74) is 1.26. The van der Waals surface area contributed by atoms with Gasteiger partial charge in [0.05, 0.1) is 28.8 Å². The van der Waals surface area contributed by atoms with Gasteiger partial charge in [0.15, 0.2) is 0 Å². The van der Waals surface area contributed by atoms with Gasteiger partial charge in [0.25, 0.3) is 11.6 Å². The zero-order valence-electron chi connectivity index (χ0n) is 16.7. The van der Waals surface area contributed by atoms with E-state index in [2.05, 4.69) is 5.32 Å². The highest BCUT2D eigenvalue weighted by molar-refractivity contribution is 6.03. The molecule has 4 amide bonds. The second-order valence-corrected chi connectivity index (χ2v) is 7.59. The Morgan fingerprint density at radius 1 is 1.27 bits per heavy atom. The van der Waals surface area contributed by atoms with E-state index in [1.54, 1.807) is 17.9 Å². The first-order valence-electron chi connectivity index (χ1n) is 10.0. The van der Waals surface area contributed by atoms with Crippen LogP contribution in [0.5, 0.6) is 0 Å². The summed E-state index contributed by atoms with van der Waals surface area (Å²) in [6, 6.07) is 4.74. The van der Waals surface area contributed by atoms with Crippen LogP contribution in [0.15, 0.2) is 35.5 Å². The molecule has 3 heterocycles. The van der Waals surface area contributed by atoms with Gasteiger partial charge in [-0.15, -0.1) is 0 Å². The molecule has 1 aromatic rings. The van der Waals surface area contributed by atoms with Crippen LogP contribution in [-0.4, -0.2) is 70.2 Å². The van der Waals surface area contributed by atoms with Crippen LogP contribution < -0.4 is 5.32 Å². The van der Waals surface area contributed by atoms with Gasteiger partial charge in [0.1, 0.15) is 6.54 Å². The molecule has 4 rings (SSSR count). The molecule has 3 aliphatic rings. The summed E-state index contributed by atoms with van der Waals surface area (Å²) in [4.78, 5) is 53.8. The molecule has 158 valence electrons. The van der Waals surface area contributed by atoms with Crippen LogP contribution in [0.4, 0.5) is 10.5 Å². The number of urea groups is 1. The van der Waals surface area contributed by atoms with E-state index in [1.165, 1.54) is 28.0 Å². The monoisotopic (exact) mass is 413 g/mol. The molecule has 10 nitrogen and oxygen atoms in total. The molecule has 0 spiro atoms. The molecule has 0 aliphatic carbocycles. The normalized spacial score (nSPS) is 21.2. The highest BCUT2D eigenvalue weighted by Crippen LogP contribution is 2.37. The average Bonchev–Trinajstić information content (AvgIpc) is 3.37. The van der Waals surface area contributed by atoms with E-state index in [9.17, 15) is 24.5 Å². The number of nitrogens with zero attached hydrogens (tertiary/aromatic N) is 4. The Morgan fingerprint density at radius 2 is 2.00 bits per heavy atom. The number of nitrogens with one attached hydrogen (secondary N) is 1. The zero-order valence-corrected chi connectivity index (χ0v) is 16.7. The van der Waals surface area contributed by atoms with Gasteiger partial charge in [-0.3, -0.25) is 24.6 Å². The van der Waals surface area contributed by atoms with Crippen LogP contribution in [0.2, 0.25) is 0 Å². The van der Waals surface area contributed by atoms with E-state index >= 15 is 0 Å². The predicted octanol–water partition coefficient (Wildman–Crippen LogP) is 1.40. The molecule has 1 atom stereocenters. The lowest BCUT2D eigenvalue weighted by Gasteiger charge is -2.32. The second kappa shape index (κ2) is 7.77. The second-order valence-electron chi connectivity index (χ2n) is 7.59. The number of hydrogen-bond donors (Lipinski definition) is 1. The van der Waals surface area contributed by atoms with Crippen molar-refractivity contribution in [3.8, 4) is 0 Å². The van der Waals surface area contributed by atoms with E-state index in [4.69, 9.17) is 0 Å². The highest BCUT2D eigenvalue weighted by Gasteiger charge is 2.44. The van der Waals surface area contributed by atoms with Crippen LogP contribution in [0.25, 0.3) is 0 Å². The van der Waals surface area contributed by atoms with Crippen molar-refractivity contribution in [2.45, 2.75) is 25.8 Å². The fraction of sp³-hybridized carbons (Fsp3) is 0.450. The number of benzene rings is 1. The number of carbonyl (C=O) groups is 3. The Kier molecular flexibility index (Phi) is 5.15. The number of rotatable bonds is 5. The molecule has 0 unspecified atom stereocenters. The number of carbonyl (C=O) groups excluding carboxylic acids is 3. The number of hydrogen-bond acceptors (Lipinski definition) is 5. The first-order valence-corrected chi connectivity index (χ1v) is 10.0. The van der Waals surface area contributed by atoms with Crippen molar-refractivity contribution in [2.24, 2.45) is 0 Å². The molecule has 1 aromatic carbocycles. The third-order valence-corrected chi connectivity index (χ3v) is 5.81. The van der Waals surface area contributed by atoms with E-state index < -0.39 is 11.0 Å². The van der Waals surface area contributed by atoms with E-state index in [1.807, 2.05) is 0 Å². The van der Waals surface area contributed by atoms with Crippen molar-refractivity contribution in [1.29, 1.82) is 0 Å². The molecule has 0 bridgehead atoms. The van der Waals surface area contributed by atoms with Gasteiger partial charge in [-0.1, -0.05) is 12.1 Å². The zero-order chi connectivity index (χ0) is 21.4. The molecule has 30 heavy (non-hydrogen) atoms. The summed E-state index contributed by atoms with van der Waals surface area (Å²) in [6.45, 7) is 3.70. The fourth-order valence-corrected chi connectivity index (χ4v) is 4.31. The Hall–Kier alpha value is -3.43. The predicted molar refractivity (Wildman–Crippen MR) is 106 cm³/mol. The Bertz CT molecular complexity index is 953. The molecule has 0 aromatic heterocycles. The van der Waals surface area contributed by atoms with E-state index in [0.717, 1.165) is 12.8 Å². The lowest BCUT2D eigenvalue weighted by atomic mass is 9.95. The summed E-state index contributed by atoms with van der Waals surface area (Å²) in [7, 11) is 0. The minimum absolute atomic E-state index is 0.0424. The number of likely N-dealkylation sites (N-methyl/N-ethyl adjacent to an activating group) is 1. The van der Waals surface area contributed by atoms with Gasteiger partial charge in [0, 0.05) is 31.8 Å². The van der Waals surface area contributed by atoms with E-state index in [0.29, 0.717) is 36.5 Å².